The van der Waals surface area contributed by atoms with Gasteiger partial charge in [-0.05, 0) is 49.4 Å². The Labute approximate surface area is 222 Å². The van der Waals surface area contributed by atoms with Crippen molar-refractivity contribution in [3.8, 4) is 17.1 Å². The topological polar surface area (TPSA) is 59.2 Å². The Bertz CT molecular complexity index is 1490. The molecule has 2 aromatic heterocycles. The van der Waals surface area contributed by atoms with Crippen LogP contribution >= 0.6 is 11.6 Å². The van der Waals surface area contributed by atoms with Crippen molar-refractivity contribution >= 4 is 17.4 Å². The molecule has 0 spiro atoms. The van der Waals surface area contributed by atoms with Crippen LogP contribution in [0.5, 0.6) is 0 Å². The number of benzene rings is 2. The maximum absolute atomic E-state index is 13.4. The number of halogens is 4. The molecule has 0 bridgehead atoms. The highest BCUT2D eigenvalue weighted by atomic mass is 35.5. The van der Waals surface area contributed by atoms with Gasteiger partial charge in [-0.15, -0.1) is 0 Å². The van der Waals surface area contributed by atoms with Gasteiger partial charge in [0, 0.05) is 57.1 Å². The fraction of sp³-hybridized carbons (Fsp3) is 0.296. The van der Waals surface area contributed by atoms with Crippen molar-refractivity contribution < 1.29 is 13.2 Å². The highest BCUT2D eigenvalue weighted by molar-refractivity contribution is 6.33. The van der Waals surface area contributed by atoms with Crippen LogP contribution in [-0.4, -0.2) is 50.4 Å². The van der Waals surface area contributed by atoms with E-state index >= 15 is 0 Å². The van der Waals surface area contributed by atoms with E-state index in [0.717, 1.165) is 30.9 Å². The third-order valence-corrected chi connectivity index (χ3v) is 7.28. The monoisotopic (exact) mass is 542 g/mol. The molecule has 0 aliphatic carbocycles. The van der Waals surface area contributed by atoms with Gasteiger partial charge < -0.3 is 4.90 Å². The molecule has 4 aromatic rings. The first kappa shape index (κ1) is 26.0. The zero-order valence-corrected chi connectivity index (χ0v) is 21.6. The summed E-state index contributed by atoms with van der Waals surface area (Å²) in [6.07, 6.45) is -2.69. The predicted octanol–water partition coefficient (Wildman–Crippen LogP) is 5.19. The minimum atomic E-state index is -4.48. The molecule has 1 aliphatic heterocycles. The summed E-state index contributed by atoms with van der Waals surface area (Å²) in [7, 11) is 1.92. The zero-order valence-electron chi connectivity index (χ0n) is 20.9. The molecule has 1 atom stereocenters. The average Bonchev–Trinajstić information content (AvgIpc) is 3.33. The number of alkyl halides is 3. The highest BCUT2D eigenvalue weighted by Crippen LogP contribution is 2.32. The standard InChI is InChI=1S/C27H26ClF3N6O/c1-18(23-11-12-32-34(23)2)35-13-15-36(16-14-35)24-17-25(38)37(20-9-7-19(8-10-20)27(29,30)31)26(33-24)21-5-3-4-6-22(21)28/h3-12,17-18H,13-16H2,1-2H3. The summed E-state index contributed by atoms with van der Waals surface area (Å²) in [5.41, 5.74) is 0.701. The Hall–Kier alpha value is -3.63. The number of aromatic nitrogens is 4. The number of piperazine rings is 1. The van der Waals surface area contributed by atoms with Gasteiger partial charge in [0.25, 0.3) is 5.56 Å². The molecule has 1 saturated heterocycles. The van der Waals surface area contributed by atoms with Crippen molar-refractivity contribution in [2.75, 3.05) is 31.1 Å². The Morgan fingerprint density at radius 2 is 1.66 bits per heavy atom. The van der Waals surface area contributed by atoms with Crippen LogP contribution < -0.4 is 10.5 Å². The average molecular weight is 543 g/mol. The summed E-state index contributed by atoms with van der Waals surface area (Å²) in [4.78, 5) is 22.7. The van der Waals surface area contributed by atoms with Crippen LogP contribution in [-0.2, 0) is 13.2 Å². The van der Waals surface area contributed by atoms with E-state index in [4.69, 9.17) is 16.6 Å². The second-order valence-electron chi connectivity index (χ2n) is 9.21. The lowest BCUT2D eigenvalue weighted by atomic mass is 10.1. The van der Waals surface area contributed by atoms with Gasteiger partial charge in [-0.1, -0.05) is 23.7 Å². The molecule has 7 nitrogen and oxygen atoms in total. The van der Waals surface area contributed by atoms with Gasteiger partial charge in [-0.2, -0.15) is 18.3 Å². The fourth-order valence-electron chi connectivity index (χ4n) is 4.82. The van der Waals surface area contributed by atoms with Gasteiger partial charge >= 0.3 is 6.18 Å². The summed E-state index contributed by atoms with van der Waals surface area (Å²) < 4.78 is 42.5. The first-order valence-corrected chi connectivity index (χ1v) is 12.5. The van der Waals surface area contributed by atoms with Gasteiger partial charge in [0.15, 0.2) is 5.82 Å². The SMILES string of the molecule is CC(c1ccnn1C)N1CCN(c2cc(=O)n(-c3ccc(C(F)(F)F)cc3)c(-c3ccccc3Cl)n2)CC1. The van der Waals surface area contributed by atoms with E-state index in [1.54, 1.807) is 30.5 Å². The molecular formula is C27H26ClF3N6O. The number of hydrogen-bond donors (Lipinski definition) is 0. The van der Waals surface area contributed by atoms with E-state index in [9.17, 15) is 18.0 Å². The Kier molecular flexibility index (Phi) is 7.02. The van der Waals surface area contributed by atoms with Crippen LogP contribution in [0.4, 0.5) is 19.0 Å². The first-order valence-electron chi connectivity index (χ1n) is 12.2. The van der Waals surface area contributed by atoms with Gasteiger partial charge in [0.2, 0.25) is 0 Å². The van der Waals surface area contributed by atoms with E-state index in [2.05, 4.69) is 16.9 Å². The van der Waals surface area contributed by atoms with Crippen molar-refractivity contribution in [2.45, 2.75) is 19.1 Å². The first-order chi connectivity index (χ1) is 18.1. The number of nitrogens with zero attached hydrogens (tertiary/aromatic N) is 6. The lowest BCUT2D eigenvalue weighted by molar-refractivity contribution is -0.137. The van der Waals surface area contributed by atoms with Gasteiger partial charge in [-0.3, -0.25) is 18.9 Å². The third kappa shape index (κ3) is 5.06. The largest absolute Gasteiger partial charge is 0.416 e. The second kappa shape index (κ2) is 10.3. The van der Waals surface area contributed by atoms with Crippen LogP contribution in [0.15, 0.2) is 71.7 Å². The number of hydrogen-bond acceptors (Lipinski definition) is 5. The maximum atomic E-state index is 13.4. The highest BCUT2D eigenvalue weighted by Gasteiger charge is 2.30. The minimum absolute atomic E-state index is 0.184. The van der Waals surface area contributed by atoms with Gasteiger partial charge in [0.05, 0.1) is 22.0 Å². The number of aryl methyl sites for hydroxylation is 1. The van der Waals surface area contributed by atoms with Crippen molar-refractivity contribution in [3.63, 3.8) is 0 Å². The van der Waals surface area contributed by atoms with E-state index in [1.165, 1.54) is 22.8 Å². The van der Waals surface area contributed by atoms with E-state index in [-0.39, 0.29) is 17.6 Å². The molecule has 0 N–H and O–H groups in total. The Morgan fingerprint density at radius 3 is 2.26 bits per heavy atom. The summed E-state index contributed by atoms with van der Waals surface area (Å²) in [5.74, 6) is 0.768. The van der Waals surface area contributed by atoms with Crippen molar-refractivity contribution in [2.24, 2.45) is 7.05 Å². The number of anilines is 1. The molecule has 38 heavy (non-hydrogen) atoms. The molecule has 11 heteroatoms. The van der Waals surface area contributed by atoms with Gasteiger partial charge in [0.1, 0.15) is 5.82 Å². The molecule has 1 aliphatic rings. The van der Waals surface area contributed by atoms with Crippen molar-refractivity contribution in [3.05, 3.63) is 93.5 Å². The predicted molar refractivity (Wildman–Crippen MR) is 141 cm³/mol. The molecule has 198 valence electrons. The summed E-state index contributed by atoms with van der Waals surface area (Å²) in [5, 5.41) is 4.65. The van der Waals surface area contributed by atoms with Crippen LogP contribution in [0.1, 0.15) is 24.2 Å². The van der Waals surface area contributed by atoms with Crippen molar-refractivity contribution in [1.29, 1.82) is 0 Å². The molecular weight excluding hydrogens is 517 g/mol. The Morgan fingerprint density at radius 1 is 0.974 bits per heavy atom. The van der Waals surface area contributed by atoms with E-state index in [0.29, 0.717) is 29.5 Å². The molecule has 3 heterocycles. The normalized spacial score (nSPS) is 15.6. The lowest BCUT2D eigenvalue weighted by Crippen LogP contribution is -2.48. The van der Waals surface area contributed by atoms with E-state index < -0.39 is 17.3 Å². The third-order valence-electron chi connectivity index (χ3n) is 6.95. The molecule has 5 rings (SSSR count). The summed E-state index contributed by atoms with van der Waals surface area (Å²) >= 11 is 6.48. The lowest BCUT2D eigenvalue weighted by Gasteiger charge is -2.38. The quantitative estimate of drug-likeness (QED) is 0.347. The Balaban J connectivity index is 1.49. The van der Waals surface area contributed by atoms with Gasteiger partial charge in [-0.25, -0.2) is 4.98 Å². The fourth-order valence-corrected chi connectivity index (χ4v) is 5.04. The molecule has 1 fully saturated rings. The second-order valence-corrected chi connectivity index (χ2v) is 9.62. The smallest absolute Gasteiger partial charge is 0.354 e. The summed E-state index contributed by atoms with van der Waals surface area (Å²) in [6, 6.07) is 15.0. The minimum Gasteiger partial charge on any atom is -0.354 e. The van der Waals surface area contributed by atoms with Crippen LogP contribution in [0, 0.1) is 0 Å². The molecule has 0 saturated carbocycles. The van der Waals surface area contributed by atoms with Crippen LogP contribution in [0.2, 0.25) is 5.02 Å². The molecule has 2 aromatic carbocycles. The molecule has 1 unspecified atom stereocenters. The van der Waals surface area contributed by atoms with Crippen LogP contribution in [0.3, 0.4) is 0 Å². The van der Waals surface area contributed by atoms with Crippen LogP contribution in [0.25, 0.3) is 17.1 Å². The maximum Gasteiger partial charge on any atom is 0.416 e. The van der Waals surface area contributed by atoms with E-state index in [1.807, 2.05) is 22.7 Å². The molecule has 0 amide bonds. The zero-order chi connectivity index (χ0) is 27.0. The molecule has 0 radical (unpaired) electrons. The van der Waals surface area contributed by atoms with Crippen molar-refractivity contribution in [1.82, 2.24) is 24.2 Å². The summed E-state index contributed by atoms with van der Waals surface area (Å²) in [6.45, 7) is 4.97. The number of rotatable bonds is 5.